The summed E-state index contributed by atoms with van der Waals surface area (Å²) >= 11 is 0. The molecule has 1 saturated carbocycles. The van der Waals surface area contributed by atoms with Crippen LogP contribution in [0.25, 0.3) is 10.9 Å². The van der Waals surface area contributed by atoms with Gasteiger partial charge in [-0.05, 0) is 50.3 Å². The van der Waals surface area contributed by atoms with E-state index in [0.717, 1.165) is 56.6 Å². The molecule has 0 radical (unpaired) electrons. The summed E-state index contributed by atoms with van der Waals surface area (Å²) in [5, 5.41) is 19.0. The second kappa shape index (κ2) is 12.7. The predicted octanol–water partition coefficient (Wildman–Crippen LogP) is 1.70. The van der Waals surface area contributed by atoms with Crippen LogP contribution < -0.4 is 20.7 Å². The molecule has 4 N–H and O–H groups in total. The maximum Gasteiger partial charge on any atom is 0.268 e. The van der Waals surface area contributed by atoms with Crippen LogP contribution in [0.2, 0.25) is 0 Å². The highest BCUT2D eigenvalue weighted by molar-refractivity contribution is 6.01. The summed E-state index contributed by atoms with van der Waals surface area (Å²) in [4.78, 5) is 44.1. The number of morpholine rings is 1. The molecule has 1 aliphatic carbocycles. The fourth-order valence-electron chi connectivity index (χ4n) is 5.50. The van der Waals surface area contributed by atoms with Crippen molar-refractivity contribution in [2.75, 3.05) is 39.5 Å². The number of aromatic amines is 1. The van der Waals surface area contributed by atoms with E-state index in [1.54, 1.807) is 6.07 Å². The smallest absolute Gasteiger partial charge is 0.268 e. The van der Waals surface area contributed by atoms with Gasteiger partial charge in [-0.2, -0.15) is 5.26 Å². The first-order valence-electron chi connectivity index (χ1n) is 14.3. The minimum atomic E-state index is -0.808. The summed E-state index contributed by atoms with van der Waals surface area (Å²) in [5.41, 5.74) is 1.10. The Morgan fingerprint density at radius 3 is 2.73 bits per heavy atom. The minimum absolute atomic E-state index is 0.0569. The number of nitriles is 1. The third kappa shape index (κ3) is 7.11. The summed E-state index contributed by atoms with van der Waals surface area (Å²) in [6, 6.07) is 7.98. The van der Waals surface area contributed by atoms with Gasteiger partial charge in [-0.25, -0.2) is 0 Å². The van der Waals surface area contributed by atoms with Gasteiger partial charge in [-0.1, -0.05) is 18.9 Å². The molecule has 0 spiro atoms. The average Bonchev–Trinajstić information content (AvgIpc) is 3.56. The van der Waals surface area contributed by atoms with Crippen LogP contribution in [0.15, 0.2) is 24.3 Å². The number of aromatic nitrogens is 1. The molecule has 3 amide bonds. The SMILES string of the molecule is CC1CC(CC(C#N)NC(=O)C(CC2CC2)NC(=O)c2cc3c(OCCN4CCOCC4)cccc3[nH]2)C(=O)N1. The van der Waals surface area contributed by atoms with Gasteiger partial charge in [-0.15, -0.1) is 0 Å². The highest BCUT2D eigenvalue weighted by Gasteiger charge is 2.35. The normalized spacial score (nSPS) is 22.8. The van der Waals surface area contributed by atoms with Crippen LogP contribution in [0.4, 0.5) is 0 Å². The first kappa shape index (κ1) is 27.9. The average molecular weight is 551 g/mol. The van der Waals surface area contributed by atoms with Gasteiger partial charge in [-0.3, -0.25) is 19.3 Å². The van der Waals surface area contributed by atoms with Crippen LogP contribution in [0.3, 0.4) is 0 Å². The van der Waals surface area contributed by atoms with Gasteiger partial charge in [0.25, 0.3) is 5.91 Å². The van der Waals surface area contributed by atoms with Gasteiger partial charge >= 0.3 is 0 Å². The summed E-state index contributed by atoms with van der Waals surface area (Å²) in [5.74, 6) is -0.140. The Morgan fingerprint density at radius 1 is 1.23 bits per heavy atom. The van der Waals surface area contributed by atoms with Gasteiger partial charge in [0.1, 0.15) is 30.1 Å². The van der Waals surface area contributed by atoms with E-state index in [1.807, 2.05) is 25.1 Å². The number of hydrogen-bond acceptors (Lipinski definition) is 7. The van der Waals surface area contributed by atoms with E-state index < -0.39 is 23.9 Å². The van der Waals surface area contributed by atoms with E-state index in [9.17, 15) is 19.6 Å². The molecule has 1 aromatic carbocycles. The zero-order valence-electron chi connectivity index (χ0n) is 22.9. The third-order valence-corrected chi connectivity index (χ3v) is 7.92. The molecule has 11 heteroatoms. The molecule has 5 rings (SSSR count). The highest BCUT2D eigenvalue weighted by Crippen LogP contribution is 2.34. The predicted molar refractivity (Wildman–Crippen MR) is 148 cm³/mol. The van der Waals surface area contributed by atoms with E-state index in [4.69, 9.17) is 9.47 Å². The number of H-pyrrole nitrogens is 1. The van der Waals surface area contributed by atoms with E-state index in [-0.39, 0.29) is 24.3 Å². The zero-order chi connectivity index (χ0) is 28.1. The Hall–Kier alpha value is -3.62. The van der Waals surface area contributed by atoms with Crippen molar-refractivity contribution in [3.8, 4) is 11.8 Å². The Balaban J connectivity index is 1.21. The van der Waals surface area contributed by atoms with Crippen LogP contribution in [-0.2, 0) is 14.3 Å². The van der Waals surface area contributed by atoms with Crippen LogP contribution in [0.5, 0.6) is 5.75 Å². The van der Waals surface area contributed by atoms with Gasteiger partial charge < -0.3 is 30.4 Å². The largest absolute Gasteiger partial charge is 0.492 e. The number of fused-ring (bicyclic) bond motifs is 1. The third-order valence-electron chi connectivity index (χ3n) is 7.92. The maximum absolute atomic E-state index is 13.3. The first-order chi connectivity index (χ1) is 19.4. The molecule has 0 bridgehead atoms. The van der Waals surface area contributed by atoms with E-state index >= 15 is 0 Å². The topological polar surface area (TPSA) is 149 Å². The fourth-order valence-corrected chi connectivity index (χ4v) is 5.50. The zero-order valence-corrected chi connectivity index (χ0v) is 22.9. The van der Waals surface area contributed by atoms with Crippen molar-refractivity contribution < 1.29 is 23.9 Å². The van der Waals surface area contributed by atoms with Crippen LogP contribution in [0, 0.1) is 23.2 Å². The van der Waals surface area contributed by atoms with Gasteiger partial charge in [0.05, 0.1) is 19.3 Å². The molecule has 214 valence electrons. The molecule has 4 atom stereocenters. The van der Waals surface area contributed by atoms with Crippen LogP contribution in [-0.4, -0.2) is 85.2 Å². The molecular weight excluding hydrogens is 512 g/mol. The van der Waals surface area contributed by atoms with Gasteiger partial charge in [0.15, 0.2) is 0 Å². The van der Waals surface area contributed by atoms with E-state index in [2.05, 4.69) is 31.9 Å². The van der Waals surface area contributed by atoms with Gasteiger partial charge in [0, 0.05) is 42.5 Å². The molecular formula is C29H38N6O5. The summed E-state index contributed by atoms with van der Waals surface area (Å²) in [6.45, 7) is 6.49. The molecule has 11 nitrogen and oxygen atoms in total. The standard InChI is InChI=1S/C29H38N6O5/c1-18-13-20(27(36)31-18)15-21(17-30)32-28(37)24(14-19-5-6-19)34-29(38)25-16-22-23(33-25)3-2-4-26(22)40-12-9-35-7-10-39-11-8-35/h2-4,16,18-21,24,33H,5-15H2,1H3,(H,31,36)(H,32,37)(H,34,38). The number of nitrogens with one attached hydrogen (secondary N) is 4. The van der Waals surface area contributed by atoms with Crippen molar-refractivity contribution >= 4 is 28.6 Å². The number of carbonyl (C=O) groups excluding carboxylic acids is 3. The lowest BCUT2D eigenvalue weighted by Crippen LogP contribution is -2.50. The van der Waals surface area contributed by atoms with Crippen LogP contribution >= 0.6 is 0 Å². The lowest BCUT2D eigenvalue weighted by Gasteiger charge is -2.26. The Labute approximate surface area is 233 Å². The second-order valence-electron chi connectivity index (χ2n) is 11.2. The van der Waals surface area contributed by atoms with E-state index in [1.165, 1.54) is 0 Å². The number of nitrogens with zero attached hydrogens (tertiary/aromatic N) is 2. The fraction of sp³-hybridized carbons (Fsp3) is 0.586. The van der Waals surface area contributed by atoms with Crippen molar-refractivity contribution in [3.63, 3.8) is 0 Å². The lowest BCUT2D eigenvalue weighted by atomic mass is 9.97. The number of benzene rings is 1. The molecule has 3 aliphatic rings. The molecule has 4 unspecified atom stereocenters. The maximum atomic E-state index is 13.3. The monoisotopic (exact) mass is 550 g/mol. The van der Waals surface area contributed by atoms with Crippen molar-refractivity contribution in [2.45, 2.75) is 57.2 Å². The molecule has 2 saturated heterocycles. The first-order valence-corrected chi connectivity index (χ1v) is 14.3. The minimum Gasteiger partial charge on any atom is -0.492 e. The summed E-state index contributed by atoms with van der Waals surface area (Å²) in [7, 11) is 0. The van der Waals surface area contributed by atoms with Crippen molar-refractivity contribution in [1.82, 2.24) is 25.8 Å². The van der Waals surface area contributed by atoms with Gasteiger partial charge in [0.2, 0.25) is 11.8 Å². The number of rotatable bonds is 12. The molecule has 2 aromatic rings. The molecule has 3 fully saturated rings. The number of amides is 3. The van der Waals surface area contributed by atoms with Crippen molar-refractivity contribution in [1.29, 1.82) is 5.26 Å². The highest BCUT2D eigenvalue weighted by atomic mass is 16.5. The van der Waals surface area contributed by atoms with Crippen molar-refractivity contribution in [2.24, 2.45) is 11.8 Å². The number of hydrogen-bond donors (Lipinski definition) is 4. The number of ether oxygens (including phenoxy) is 2. The quantitative estimate of drug-likeness (QED) is 0.314. The number of carbonyl (C=O) groups is 3. The Kier molecular flexibility index (Phi) is 8.87. The Morgan fingerprint density at radius 2 is 2.02 bits per heavy atom. The molecule has 3 heterocycles. The Bertz CT molecular complexity index is 1260. The van der Waals surface area contributed by atoms with E-state index in [0.29, 0.717) is 36.8 Å². The second-order valence-corrected chi connectivity index (χ2v) is 11.2. The molecule has 1 aromatic heterocycles. The van der Waals surface area contributed by atoms with Crippen molar-refractivity contribution in [3.05, 3.63) is 30.0 Å². The molecule has 2 aliphatic heterocycles. The molecule has 40 heavy (non-hydrogen) atoms. The lowest BCUT2D eigenvalue weighted by molar-refractivity contribution is -0.125. The summed E-state index contributed by atoms with van der Waals surface area (Å²) in [6.07, 6.45) is 3.41. The summed E-state index contributed by atoms with van der Waals surface area (Å²) < 4.78 is 11.5. The van der Waals surface area contributed by atoms with Crippen LogP contribution in [0.1, 0.15) is 49.5 Å².